The van der Waals surface area contributed by atoms with Crippen LogP contribution in [-0.4, -0.2) is 53.8 Å². The van der Waals surface area contributed by atoms with Crippen LogP contribution in [-0.2, 0) is 4.79 Å². The molecule has 1 aromatic carbocycles. The molecule has 2 bridgehead atoms. The highest BCUT2D eigenvalue weighted by atomic mass is 32.2. The molecule has 2 saturated carbocycles. The molecular formula is C20H27NO5S. The Morgan fingerprint density at radius 3 is 2.74 bits per heavy atom. The summed E-state index contributed by atoms with van der Waals surface area (Å²) in [6.45, 7) is 1.94. The summed E-state index contributed by atoms with van der Waals surface area (Å²) in [7, 11) is 0. The molecule has 3 aliphatic rings. The van der Waals surface area contributed by atoms with Gasteiger partial charge in [0.2, 0.25) is 5.91 Å². The van der Waals surface area contributed by atoms with Gasteiger partial charge in [0.1, 0.15) is 0 Å². The fourth-order valence-electron chi connectivity index (χ4n) is 4.49. The predicted octanol–water partition coefficient (Wildman–Crippen LogP) is 1.82. The summed E-state index contributed by atoms with van der Waals surface area (Å²) in [4.78, 5) is 13.2. The van der Waals surface area contributed by atoms with Gasteiger partial charge in [-0.2, -0.15) is 0 Å². The number of aliphatic hydroxyl groups excluding tert-OH is 2. The molecule has 1 heterocycles. The molecule has 1 aromatic rings. The van der Waals surface area contributed by atoms with Crippen molar-refractivity contribution in [3.63, 3.8) is 0 Å². The number of hydrogen-bond acceptors (Lipinski definition) is 6. The van der Waals surface area contributed by atoms with Crippen molar-refractivity contribution in [2.24, 2.45) is 17.8 Å². The Morgan fingerprint density at radius 1 is 1.15 bits per heavy atom. The third-order valence-electron chi connectivity index (χ3n) is 5.94. The first kappa shape index (κ1) is 18.9. The van der Waals surface area contributed by atoms with E-state index in [1.807, 2.05) is 18.2 Å². The molecule has 0 spiro atoms. The summed E-state index contributed by atoms with van der Waals surface area (Å²) < 4.78 is 11.3. The van der Waals surface area contributed by atoms with Crippen LogP contribution in [0.2, 0.25) is 0 Å². The van der Waals surface area contributed by atoms with Crippen LogP contribution in [0, 0.1) is 17.8 Å². The van der Waals surface area contributed by atoms with Crippen LogP contribution in [0.1, 0.15) is 25.7 Å². The summed E-state index contributed by atoms with van der Waals surface area (Å²) in [6.07, 6.45) is 1.91. The Balaban J connectivity index is 1.19. The topological polar surface area (TPSA) is 88.0 Å². The van der Waals surface area contributed by atoms with Crippen molar-refractivity contribution >= 4 is 17.7 Å². The number of carbonyl (C=O) groups is 1. The van der Waals surface area contributed by atoms with Gasteiger partial charge in [0, 0.05) is 30.0 Å². The number of hydrogen-bond donors (Lipinski definition) is 3. The van der Waals surface area contributed by atoms with Crippen LogP contribution in [0.5, 0.6) is 11.5 Å². The van der Waals surface area contributed by atoms with Crippen LogP contribution < -0.4 is 14.8 Å². The second-order valence-corrected chi connectivity index (χ2v) is 8.87. The number of fused-ring (bicyclic) bond motifs is 3. The molecule has 0 unspecified atom stereocenters. The van der Waals surface area contributed by atoms with Gasteiger partial charge in [0.15, 0.2) is 11.5 Å². The molecule has 4 rings (SSSR count). The largest absolute Gasteiger partial charge is 0.490 e. The summed E-state index contributed by atoms with van der Waals surface area (Å²) in [5, 5.41) is 22.8. The van der Waals surface area contributed by atoms with Crippen LogP contribution in [0.15, 0.2) is 23.1 Å². The summed E-state index contributed by atoms with van der Waals surface area (Å²) >= 11 is 1.63. The molecule has 0 saturated heterocycles. The van der Waals surface area contributed by atoms with E-state index in [1.165, 1.54) is 0 Å². The van der Waals surface area contributed by atoms with Crippen LogP contribution in [0.4, 0.5) is 0 Å². The first-order valence-electron chi connectivity index (χ1n) is 9.77. The first-order valence-corrected chi connectivity index (χ1v) is 10.8. The lowest BCUT2D eigenvalue weighted by atomic mass is 9.85. The van der Waals surface area contributed by atoms with E-state index >= 15 is 0 Å². The van der Waals surface area contributed by atoms with E-state index < -0.39 is 12.2 Å². The Hall–Kier alpha value is -1.44. The van der Waals surface area contributed by atoms with Crippen LogP contribution in [0.3, 0.4) is 0 Å². The number of benzene rings is 1. The molecule has 7 heteroatoms. The van der Waals surface area contributed by atoms with E-state index in [2.05, 4.69) is 5.32 Å². The van der Waals surface area contributed by atoms with E-state index in [0.29, 0.717) is 31.9 Å². The predicted molar refractivity (Wildman–Crippen MR) is 102 cm³/mol. The second kappa shape index (κ2) is 8.29. The number of ether oxygens (including phenoxy) is 2. The van der Waals surface area contributed by atoms with Crippen molar-refractivity contribution < 1.29 is 24.5 Å². The number of amides is 1. The van der Waals surface area contributed by atoms with Crippen molar-refractivity contribution in [3.05, 3.63) is 18.2 Å². The Kier molecular flexibility index (Phi) is 5.80. The van der Waals surface area contributed by atoms with Gasteiger partial charge in [-0.25, -0.2) is 0 Å². The maximum Gasteiger partial charge on any atom is 0.220 e. The smallest absolute Gasteiger partial charge is 0.220 e. The summed E-state index contributed by atoms with van der Waals surface area (Å²) in [5.41, 5.74) is 0. The average Bonchev–Trinajstić information content (AvgIpc) is 3.10. The standard InChI is InChI=1S/C20H27NO5S/c22-18(21-11-13-8-12-9-15(13)20(24)19(12)23)4-7-27-14-2-3-16-17(10-14)26-6-1-5-25-16/h2-3,10,12-13,15,19-20,23-24H,1,4-9,11H2,(H,21,22)/t12-,13-,15-,19+,20-/m1/s1. The van der Waals surface area contributed by atoms with Crippen molar-refractivity contribution in [1.82, 2.24) is 5.32 Å². The summed E-state index contributed by atoms with van der Waals surface area (Å²) in [5.74, 6) is 2.90. The maximum atomic E-state index is 12.1. The van der Waals surface area contributed by atoms with Gasteiger partial charge in [0.05, 0.1) is 25.4 Å². The molecule has 0 aromatic heterocycles. The zero-order valence-electron chi connectivity index (χ0n) is 15.3. The summed E-state index contributed by atoms with van der Waals surface area (Å²) in [6, 6.07) is 5.90. The monoisotopic (exact) mass is 393 g/mol. The number of nitrogens with one attached hydrogen (secondary N) is 1. The molecule has 148 valence electrons. The van der Waals surface area contributed by atoms with E-state index in [0.717, 1.165) is 35.7 Å². The molecule has 6 nitrogen and oxygen atoms in total. The van der Waals surface area contributed by atoms with Gasteiger partial charge >= 0.3 is 0 Å². The first-order chi connectivity index (χ1) is 13.1. The van der Waals surface area contributed by atoms with Crippen molar-refractivity contribution in [2.75, 3.05) is 25.5 Å². The SMILES string of the molecule is O=C(CCSc1ccc2c(c1)OCCCO2)NC[C@H]1C[C@@H]2C[C@H]1[C@@H](O)[C@H]2O. The van der Waals surface area contributed by atoms with Gasteiger partial charge in [-0.05, 0) is 48.8 Å². The molecule has 3 N–H and O–H groups in total. The minimum absolute atomic E-state index is 0.0367. The number of rotatable bonds is 6. The van der Waals surface area contributed by atoms with E-state index in [4.69, 9.17) is 9.47 Å². The molecule has 1 amide bonds. The number of carbonyl (C=O) groups excluding carboxylic acids is 1. The Bertz CT molecular complexity index is 682. The van der Waals surface area contributed by atoms with E-state index in [1.54, 1.807) is 11.8 Å². The van der Waals surface area contributed by atoms with Crippen LogP contribution >= 0.6 is 11.8 Å². The Labute approximate surface area is 163 Å². The second-order valence-electron chi connectivity index (χ2n) is 7.70. The van der Waals surface area contributed by atoms with Gasteiger partial charge in [0.25, 0.3) is 0 Å². The van der Waals surface area contributed by atoms with Crippen molar-refractivity contribution in [2.45, 2.75) is 42.8 Å². The lowest BCUT2D eigenvalue weighted by molar-refractivity contribution is -0.121. The zero-order valence-corrected chi connectivity index (χ0v) is 16.1. The molecule has 2 aliphatic carbocycles. The molecule has 27 heavy (non-hydrogen) atoms. The van der Waals surface area contributed by atoms with Crippen molar-refractivity contribution in [1.29, 1.82) is 0 Å². The van der Waals surface area contributed by atoms with Crippen LogP contribution in [0.25, 0.3) is 0 Å². The lowest BCUT2D eigenvalue weighted by Crippen LogP contribution is -2.41. The van der Waals surface area contributed by atoms with Gasteiger partial charge in [-0.3, -0.25) is 4.79 Å². The van der Waals surface area contributed by atoms with E-state index in [-0.39, 0.29) is 23.7 Å². The molecule has 2 fully saturated rings. The normalized spacial score (nSPS) is 31.6. The molecular weight excluding hydrogens is 366 g/mol. The fourth-order valence-corrected chi connectivity index (χ4v) is 5.37. The lowest BCUT2D eigenvalue weighted by Gasteiger charge is -2.29. The fraction of sp³-hybridized carbons (Fsp3) is 0.650. The third-order valence-corrected chi connectivity index (χ3v) is 6.93. The molecule has 5 atom stereocenters. The average molecular weight is 394 g/mol. The van der Waals surface area contributed by atoms with E-state index in [9.17, 15) is 15.0 Å². The Morgan fingerprint density at radius 2 is 1.96 bits per heavy atom. The minimum atomic E-state index is -0.624. The highest BCUT2D eigenvalue weighted by Crippen LogP contribution is 2.48. The third kappa shape index (κ3) is 4.20. The minimum Gasteiger partial charge on any atom is -0.490 e. The van der Waals surface area contributed by atoms with Gasteiger partial charge < -0.3 is 25.0 Å². The molecule has 1 aliphatic heterocycles. The highest BCUT2D eigenvalue weighted by molar-refractivity contribution is 7.99. The number of thioether (sulfide) groups is 1. The molecule has 0 radical (unpaired) electrons. The highest BCUT2D eigenvalue weighted by Gasteiger charge is 2.51. The maximum absolute atomic E-state index is 12.1. The van der Waals surface area contributed by atoms with Gasteiger partial charge in [-0.15, -0.1) is 11.8 Å². The van der Waals surface area contributed by atoms with Crippen molar-refractivity contribution in [3.8, 4) is 11.5 Å². The zero-order chi connectivity index (χ0) is 18.8. The van der Waals surface area contributed by atoms with Gasteiger partial charge in [-0.1, -0.05) is 0 Å². The number of aliphatic hydroxyl groups is 2. The quantitative estimate of drug-likeness (QED) is 0.639.